The normalized spacial score (nSPS) is 9.46. The summed E-state index contributed by atoms with van der Waals surface area (Å²) in [6, 6.07) is 0. The van der Waals surface area contributed by atoms with Crippen LogP contribution in [0.15, 0.2) is 0 Å². The standard InChI is InChI=1S/C10H14N2S/c1-8-9(2)13-10(12-8)6-4-5-7-11-3/h11H,5,7H2,1-3H3. The van der Waals surface area contributed by atoms with Gasteiger partial charge in [0.15, 0.2) is 5.01 Å². The van der Waals surface area contributed by atoms with Gasteiger partial charge in [0.1, 0.15) is 0 Å². The predicted octanol–water partition coefficient (Wildman–Crippen LogP) is 1.72. The second kappa shape index (κ2) is 5.00. The van der Waals surface area contributed by atoms with Crippen molar-refractivity contribution in [1.29, 1.82) is 0 Å². The summed E-state index contributed by atoms with van der Waals surface area (Å²) in [4.78, 5) is 5.59. The summed E-state index contributed by atoms with van der Waals surface area (Å²) in [6.07, 6.45) is 0.883. The summed E-state index contributed by atoms with van der Waals surface area (Å²) >= 11 is 1.67. The van der Waals surface area contributed by atoms with Crippen molar-refractivity contribution in [3.05, 3.63) is 15.6 Å². The second-order valence-electron chi connectivity index (χ2n) is 2.82. The van der Waals surface area contributed by atoms with Gasteiger partial charge >= 0.3 is 0 Å². The van der Waals surface area contributed by atoms with Crippen LogP contribution in [0.25, 0.3) is 0 Å². The molecule has 0 saturated heterocycles. The molecule has 0 fully saturated rings. The monoisotopic (exact) mass is 194 g/mol. The lowest BCUT2D eigenvalue weighted by atomic mass is 10.4. The molecule has 1 N–H and O–H groups in total. The molecule has 0 bridgehead atoms. The van der Waals surface area contributed by atoms with Crippen LogP contribution in [0.4, 0.5) is 0 Å². The molecule has 0 aliphatic carbocycles. The van der Waals surface area contributed by atoms with Gasteiger partial charge in [-0.1, -0.05) is 5.92 Å². The molecule has 1 aromatic rings. The Morgan fingerprint density at radius 2 is 2.23 bits per heavy atom. The van der Waals surface area contributed by atoms with E-state index in [9.17, 15) is 0 Å². The Bertz CT molecular complexity index is 311. The molecule has 2 nitrogen and oxygen atoms in total. The van der Waals surface area contributed by atoms with Crippen molar-refractivity contribution in [2.45, 2.75) is 20.3 Å². The van der Waals surface area contributed by atoms with Crippen LogP contribution >= 0.6 is 11.3 Å². The van der Waals surface area contributed by atoms with Crippen LogP contribution in [0.3, 0.4) is 0 Å². The Labute approximate surface area is 83.4 Å². The van der Waals surface area contributed by atoms with Crippen molar-refractivity contribution < 1.29 is 0 Å². The van der Waals surface area contributed by atoms with Gasteiger partial charge in [0.05, 0.1) is 5.69 Å². The Morgan fingerprint density at radius 3 is 2.77 bits per heavy atom. The molecule has 3 heteroatoms. The van der Waals surface area contributed by atoms with E-state index in [2.05, 4.69) is 29.1 Å². The average Bonchev–Trinajstić information content (AvgIpc) is 2.41. The van der Waals surface area contributed by atoms with Crippen LogP contribution in [0.2, 0.25) is 0 Å². The number of thiazole rings is 1. The fourth-order valence-electron chi connectivity index (χ4n) is 0.852. The fraction of sp³-hybridized carbons (Fsp3) is 0.500. The zero-order valence-electron chi connectivity index (χ0n) is 8.27. The van der Waals surface area contributed by atoms with E-state index in [1.165, 1.54) is 4.88 Å². The van der Waals surface area contributed by atoms with Crippen molar-refractivity contribution in [2.24, 2.45) is 0 Å². The summed E-state index contributed by atoms with van der Waals surface area (Å²) in [5, 5.41) is 3.99. The first-order chi connectivity index (χ1) is 6.24. The Hall–Kier alpha value is -0.850. The number of aryl methyl sites for hydroxylation is 2. The number of aromatic nitrogens is 1. The fourth-order valence-corrected chi connectivity index (χ4v) is 1.64. The highest BCUT2D eigenvalue weighted by atomic mass is 32.1. The minimum atomic E-state index is 0.883. The first kappa shape index (κ1) is 10.2. The molecule has 0 unspecified atom stereocenters. The average molecular weight is 194 g/mol. The third-order valence-corrected chi connectivity index (χ3v) is 2.71. The molecule has 70 valence electrons. The van der Waals surface area contributed by atoms with Crippen LogP contribution in [0.1, 0.15) is 22.0 Å². The van der Waals surface area contributed by atoms with E-state index in [4.69, 9.17) is 0 Å². The van der Waals surface area contributed by atoms with Crippen LogP contribution < -0.4 is 5.32 Å². The van der Waals surface area contributed by atoms with E-state index >= 15 is 0 Å². The predicted molar refractivity (Wildman–Crippen MR) is 57.0 cm³/mol. The Morgan fingerprint density at radius 1 is 1.46 bits per heavy atom. The minimum Gasteiger partial charge on any atom is -0.319 e. The summed E-state index contributed by atoms with van der Waals surface area (Å²) < 4.78 is 0. The SMILES string of the molecule is CNCCC#Cc1nc(C)c(C)s1. The summed E-state index contributed by atoms with van der Waals surface area (Å²) in [5.74, 6) is 6.14. The van der Waals surface area contributed by atoms with Crippen LogP contribution in [-0.2, 0) is 0 Å². The van der Waals surface area contributed by atoms with Gasteiger partial charge in [-0.05, 0) is 26.8 Å². The van der Waals surface area contributed by atoms with E-state index < -0.39 is 0 Å². The van der Waals surface area contributed by atoms with Crippen LogP contribution in [-0.4, -0.2) is 18.6 Å². The van der Waals surface area contributed by atoms with Gasteiger partial charge in [0.2, 0.25) is 0 Å². The molecule has 1 heterocycles. The van der Waals surface area contributed by atoms with E-state index in [-0.39, 0.29) is 0 Å². The summed E-state index contributed by atoms with van der Waals surface area (Å²) in [6.45, 7) is 5.03. The number of rotatable bonds is 2. The molecular weight excluding hydrogens is 180 g/mol. The molecule has 1 rings (SSSR count). The quantitative estimate of drug-likeness (QED) is 0.573. The third kappa shape index (κ3) is 3.17. The largest absolute Gasteiger partial charge is 0.319 e. The second-order valence-corrected chi connectivity index (χ2v) is 4.02. The lowest BCUT2D eigenvalue weighted by Gasteiger charge is -1.86. The molecule has 0 amide bonds. The van der Waals surface area contributed by atoms with Gasteiger partial charge in [0.25, 0.3) is 0 Å². The number of hydrogen-bond acceptors (Lipinski definition) is 3. The molecule has 0 aromatic carbocycles. The van der Waals surface area contributed by atoms with Crippen molar-refractivity contribution in [2.75, 3.05) is 13.6 Å². The maximum Gasteiger partial charge on any atom is 0.167 e. The maximum absolute atomic E-state index is 4.33. The van der Waals surface area contributed by atoms with Crippen molar-refractivity contribution in [3.8, 4) is 11.8 Å². The zero-order valence-corrected chi connectivity index (χ0v) is 9.09. The first-order valence-electron chi connectivity index (χ1n) is 4.31. The lowest BCUT2D eigenvalue weighted by Crippen LogP contribution is -2.05. The number of nitrogens with one attached hydrogen (secondary N) is 1. The van der Waals surface area contributed by atoms with Gasteiger partial charge in [0, 0.05) is 17.8 Å². The molecule has 0 atom stereocenters. The summed E-state index contributed by atoms with van der Waals surface area (Å²) in [7, 11) is 1.93. The molecule has 0 radical (unpaired) electrons. The molecule has 0 aliphatic heterocycles. The topological polar surface area (TPSA) is 24.9 Å². The van der Waals surface area contributed by atoms with Gasteiger partial charge in [-0.3, -0.25) is 0 Å². The van der Waals surface area contributed by atoms with Crippen LogP contribution in [0, 0.1) is 25.7 Å². The number of nitrogens with zero attached hydrogens (tertiary/aromatic N) is 1. The van der Waals surface area contributed by atoms with E-state index in [0.29, 0.717) is 0 Å². The molecule has 13 heavy (non-hydrogen) atoms. The number of hydrogen-bond donors (Lipinski definition) is 1. The smallest absolute Gasteiger partial charge is 0.167 e. The van der Waals surface area contributed by atoms with Crippen molar-refractivity contribution >= 4 is 11.3 Å². The van der Waals surface area contributed by atoms with Crippen molar-refractivity contribution in [1.82, 2.24) is 10.3 Å². The lowest BCUT2D eigenvalue weighted by molar-refractivity contribution is 0.818. The van der Waals surface area contributed by atoms with Crippen LogP contribution in [0.5, 0.6) is 0 Å². The van der Waals surface area contributed by atoms with Gasteiger partial charge < -0.3 is 5.32 Å². The Balaban J connectivity index is 2.56. The highest BCUT2D eigenvalue weighted by Gasteiger charge is 1.98. The molecule has 0 aliphatic rings. The van der Waals surface area contributed by atoms with E-state index in [1.807, 2.05) is 14.0 Å². The zero-order chi connectivity index (χ0) is 9.68. The molecule has 1 aromatic heterocycles. The summed E-state index contributed by atoms with van der Waals surface area (Å²) in [5.41, 5.74) is 1.10. The molecule has 0 spiro atoms. The maximum atomic E-state index is 4.33. The molecule has 0 saturated carbocycles. The third-order valence-electron chi connectivity index (χ3n) is 1.72. The van der Waals surface area contributed by atoms with E-state index in [0.717, 1.165) is 23.7 Å². The van der Waals surface area contributed by atoms with Gasteiger partial charge in [-0.15, -0.1) is 11.3 Å². The van der Waals surface area contributed by atoms with Gasteiger partial charge in [-0.25, -0.2) is 4.98 Å². The highest BCUT2D eigenvalue weighted by Crippen LogP contribution is 2.14. The first-order valence-corrected chi connectivity index (χ1v) is 5.13. The van der Waals surface area contributed by atoms with E-state index in [1.54, 1.807) is 11.3 Å². The highest BCUT2D eigenvalue weighted by molar-refractivity contribution is 7.12. The Kier molecular flexibility index (Phi) is 3.94. The molecular formula is C10H14N2S. The minimum absolute atomic E-state index is 0.883. The van der Waals surface area contributed by atoms with Gasteiger partial charge in [-0.2, -0.15) is 0 Å². The van der Waals surface area contributed by atoms with Crippen molar-refractivity contribution in [3.63, 3.8) is 0 Å².